The SMILES string of the molecule is Cc1nn(CC(=O)Nc2ccc(C#N)cc2)c(=O)c2ccccc12. The lowest BCUT2D eigenvalue weighted by Gasteiger charge is -2.09. The maximum Gasteiger partial charge on any atom is 0.275 e. The van der Waals surface area contributed by atoms with E-state index in [0.29, 0.717) is 22.3 Å². The lowest BCUT2D eigenvalue weighted by molar-refractivity contribution is -0.117. The molecule has 0 aliphatic carbocycles. The topological polar surface area (TPSA) is 87.8 Å². The molecule has 0 bridgehead atoms. The summed E-state index contributed by atoms with van der Waals surface area (Å²) in [4.78, 5) is 24.6. The minimum atomic E-state index is -0.357. The molecule has 2 aromatic carbocycles. The number of nitrogens with zero attached hydrogens (tertiary/aromatic N) is 3. The smallest absolute Gasteiger partial charge is 0.275 e. The second kappa shape index (κ2) is 6.34. The molecule has 118 valence electrons. The van der Waals surface area contributed by atoms with Gasteiger partial charge in [0.05, 0.1) is 22.7 Å². The van der Waals surface area contributed by atoms with Crippen LogP contribution in [0.1, 0.15) is 11.3 Å². The van der Waals surface area contributed by atoms with Gasteiger partial charge in [-0.15, -0.1) is 0 Å². The maximum absolute atomic E-state index is 12.4. The van der Waals surface area contributed by atoms with Gasteiger partial charge >= 0.3 is 0 Å². The van der Waals surface area contributed by atoms with Crippen molar-refractivity contribution in [2.75, 3.05) is 5.32 Å². The quantitative estimate of drug-likeness (QED) is 0.802. The molecular formula is C18H14N4O2. The number of amides is 1. The molecule has 3 rings (SSSR count). The van der Waals surface area contributed by atoms with Crippen molar-refractivity contribution >= 4 is 22.4 Å². The first-order valence-electron chi connectivity index (χ1n) is 7.35. The number of hydrogen-bond acceptors (Lipinski definition) is 4. The van der Waals surface area contributed by atoms with E-state index in [-0.39, 0.29) is 18.0 Å². The number of benzene rings is 2. The first-order chi connectivity index (χ1) is 11.6. The molecule has 1 N–H and O–H groups in total. The van der Waals surface area contributed by atoms with E-state index < -0.39 is 0 Å². The summed E-state index contributed by atoms with van der Waals surface area (Å²) in [7, 11) is 0. The van der Waals surface area contributed by atoms with Gasteiger partial charge in [-0.1, -0.05) is 18.2 Å². The molecule has 1 heterocycles. The molecule has 1 aromatic heterocycles. The fraction of sp³-hybridized carbons (Fsp3) is 0.111. The van der Waals surface area contributed by atoms with Crippen LogP contribution in [0.25, 0.3) is 10.8 Å². The molecule has 0 spiro atoms. The number of carbonyl (C=O) groups is 1. The Morgan fingerprint density at radius 3 is 2.50 bits per heavy atom. The molecule has 3 aromatic rings. The Labute approximate surface area is 138 Å². The van der Waals surface area contributed by atoms with E-state index in [9.17, 15) is 9.59 Å². The Morgan fingerprint density at radius 1 is 1.17 bits per heavy atom. The minimum absolute atomic E-state index is 0.176. The predicted molar refractivity (Wildman–Crippen MR) is 90.5 cm³/mol. The fourth-order valence-electron chi connectivity index (χ4n) is 2.48. The molecule has 0 radical (unpaired) electrons. The summed E-state index contributed by atoms with van der Waals surface area (Å²) in [5, 5.41) is 17.0. The number of aryl methyl sites for hydroxylation is 1. The summed E-state index contributed by atoms with van der Waals surface area (Å²) in [6.07, 6.45) is 0. The molecule has 0 fully saturated rings. The molecular weight excluding hydrogens is 304 g/mol. The van der Waals surface area contributed by atoms with Crippen molar-refractivity contribution in [3.05, 3.63) is 70.1 Å². The van der Waals surface area contributed by atoms with Crippen LogP contribution in [-0.2, 0) is 11.3 Å². The highest BCUT2D eigenvalue weighted by atomic mass is 16.2. The summed E-state index contributed by atoms with van der Waals surface area (Å²) in [6.45, 7) is 1.63. The van der Waals surface area contributed by atoms with E-state index in [2.05, 4.69) is 10.4 Å². The predicted octanol–water partition coefficient (Wildman–Crippen LogP) is 2.22. The molecule has 0 saturated carbocycles. The van der Waals surface area contributed by atoms with Crippen molar-refractivity contribution in [2.24, 2.45) is 0 Å². The van der Waals surface area contributed by atoms with Crippen molar-refractivity contribution in [2.45, 2.75) is 13.5 Å². The van der Waals surface area contributed by atoms with Crippen LogP contribution >= 0.6 is 0 Å². The average Bonchev–Trinajstić information content (AvgIpc) is 2.60. The summed E-state index contributed by atoms with van der Waals surface area (Å²) < 4.78 is 1.16. The first kappa shape index (κ1) is 15.4. The van der Waals surface area contributed by atoms with Crippen molar-refractivity contribution in [1.82, 2.24) is 9.78 Å². The van der Waals surface area contributed by atoms with Crippen molar-refractivity contribution in [3.63, 3.8) is 0 Å². The van der Waals surface area contributed by atoms with Gasteiger partial charge in [-0.25, -0.2) is 4.68 Å². The standard InChI is InChI=1S/C18H14N4O2/c1-12-15-4-2-3-5-16(15)18(24)22(21-12)11-17(23)20-14-8-6-13(10-19)7-9-14/h2-9H,11H2,1H3,(H,20,23). The van der Waals surface area contributed by atoms with Gasteiger partial charge < -0.3 is 5.32 Å². The van der Waals surface area contributed by atoms with Gasteiger partial charge in [0.25, 0.3) is 5.56 Å². The summed E-state index contributed by atoms with van der Waals surface area (Å²) in [5.41, 5.74) is 1.46. The van der Waals surface area contributed by atoms with E-state index in [0.717, 1.165) is 10.1 Å². The van der Waals surface area contributed by atoms with E-state index in [1.807, 2.05) is 18.2 Å². The van der Waals surface area contributed by atoms with Gasteiger partial charge in [-0.2, -0.15) is 10.4 Å². The second-order valence-electron chi connectivity index (χ2n) is 5.33. The van der Waals surface area contributed by atoms with Crippen LogP contribution in [0.3, 0.4) is 0 Å². The summed E-state index contributed by atoms with van der Waals surface area (Å²) in [6, 6.07) is 15.7. The van der Waals surface area contributed by atoms with Crippen molar-refractivity contribution < 1.29 is 4.79 Å². The van der Waals surface area contributed by atoms with E-state index in [1.54, 1.807) is 43.3 Å². The molecule has 6 heteroatoms. The summed E-state index contributed by atoms with van der Waals surface area (Å²) in [5.74, 6) is -0.357. The molecule has 24 heavy (non-hydrogen) atoms. The minimum Gasteiger partial charge on any atom is -0.324 e. The third-order valence-electron chi connectivity index (χ3n) is 3.64. The Morgan fingerprint density at radius 2 is 1.83 bits per heavy atom. The lowest BCUT2D eigenvalue weighted by Crippen LogP contribution is -2.30. The van der Waals surface area contributed by atoms with Gasteiger partial charge in [-0.3, -0.25) is 9.59 Å². The van der Waals surface area contributed by atoms with Crippen LogP contribution in [0, 0.1) is 18.3 Å². The highest BCUT2D eigenvalue weighted by Crippen LogP contribution is 2.12. The highest BCUT2D eigenvalue weighted by molar-refractivity contribution is 5.91. The van der Waals surface area contributed by atoms with Crippen molar-refractivity contribution in [1.29, 1.82) is 5.26 Å². The maximum atomic E-state index is 12.4. The van der Waals surface area contributed by atoms with Gasteiger partial charge in [0.2, 0.25) is 5.91 Å². The Hall–Kier alpha value is -3.46. The Balaban J connectivity index is 1.84. The Kier molecular flexibility index (Phi) is 4.08. The average molecular weight is 318 g/mol. The fourth-order valence-corrected chi connectivity index (χ4v) is 2.48. The zero-order valence-electron chi connectivity index (χ0n) is 13.0. The van der Waals surface area contributed by atoms with Gasteiger partial charge in [0, 0.05) is 11.1 Å². The number of fused-ring (bicyclic) bond motifs is 1. The van der Waals surface area contributed by atoms with Crippen LogP contribution in [-0.4, -0.2) is 15.7 Å². The third kappa shape index (κ3) is 3.01. The third-order valence-corrected chi connectivity index (χ3v) is 3.64. The first-order valence-corrected chi connectivity index (χ1v) is 7.35. The summed E-state index contributed by atoms with van der Waals surface area (Å²) >= 11 is 0. The number of aromatic nitrogens is 2. The van der Waals surface area contributed by atoms with E-state index >= 15 is 0 Å². The van der Waals surface area contributed by atoms with Gasteiger partial charge in [0.1, 0.15) is 6.54 Å². The van der Waals surface area contributed by atoms with E-state index in [1.165, 1.54) is 0 Å². The normalized spacial score (nSPS) is 10.3. The number of anilines is 1. The number of nitrogens with one attached hydrogen (secondary N) is 1. The van der Waals surface area contributed by atoms with Crippen LogP contribution in [0.15, 0.2) is 53.3 Å². The molecule has 0 aliphatic rings. The molecule has 1 amide bonds. The van der Waals surface area contributed by atoms with Crippen LogP contribution in [0.5, 0.6) is 0 Å². The highest BCUT2D eigenvalue weighted by Gasteiger charge is 2.11. The number of rotatable bonds is 3. The zero-order valence-corrected chi connectivity index (χ0v) is 13.0. The Bertz CT molecular complexity index is 1010. The molecule has 0 saturated heterocycles. The number of carbonyl (C=O) groups excluding carboxylic acids is 1. The molecule has 0 atom stereocenters. The second-order valence-corrected chi connectivity index (χ2v) is 5.33. The number of hydrogen-bond donors (Lipinski definition) is 1. The van der Waals surface area contributed by atoms with Gasteiger partial charge in [0.15, 0.2) is 0 Å². The largest absolute Gasteiger partial charge is 0.324 e. The molecule has 0 aliphatic heterocycles. The van der Waals surface area contributed by atoms with Crippen LogP contribution < -0.4 is 10.9 Å². The van der Waals surface area contributed by atoms with Crippen molar-refractivity contribution in [3.8, 4) is 6.07 Å². The van der Waals surface area contributed by atoms with E-state index in [4.69, 9.17) is 5.26 Å². The monoisotopic (exact) mass is 318 g/mol. The molecule has 0 unspecified atom stereocenters. The number of nitriles is 1. The molecule has 6 nitrogen and oxygen atoms in total. The zero-order chi connectivity index (χ0) is 17.1. The van der Waals surface area contributed by atoms with Crippen LogP contribution in [0.4, 0.5) is 5.69 Å². The van der Waals surface area contributed by atoms with Gasteiger partial charge in [-0.05, 0) is 37.3 Å². The lowest BCUT2D eigenvalue weighted by atomic mass is 10.1. The van der Waals surface area contributed by atoms with Crippen LogP contribution in [0.2, 0.25) is 0 Å².